The smallest absolute Gasteiger partial charge is 0.266 e. The van der Waals surface area contributed by atoms with Gasteiger partial charge in [-0.1, -0.05) is 23.7 Å². The largest absolute Gasteiger partial charge is 0.493 e. The molecule has 0 spiro atoms. The molecule has 0 saturated heterocycles. The number of hydrogen-bond donors (Lipinski definition) is 2. The molecule has 0 radical (unpaired) electrons. The Morgan fingerprint density at radius 3 is 2.50 bits per heavy atom. The van der Waals surface area contributed by atoms with Gasteiger partial charge in [-0.3, -0.25) is 9.59 Å². The molecule has 2 amide bonds. The van der Waals surface area contributed by atoms with Crippen molar-refractivity contribution in [1.82, 2.24) is 0 Å². The number of aryl methyl sites for hydroxylation is 1. The third kappa shape index (κ3) is 6.99. The number of anilines is 2. The van der Waals surface area contributed by atoms with E-state index in [4.69, 9.17) is 21.1 Å². The Hall–Kier alpha value is -3.55. The van der Waals surface area contributed by atoms with E-state index in [9.17, 15) is 14.9 Å². The predicted octanol–water partition coefficient (Wildman–Crippen LogP) is 6.13. The van der Waals surface area contributed by atoms with Crippen LogP contribution < -0.4 is 20.1 Å². The van der Waals surface area contributed by atoms with Crippen LogP contribution in [0, 0.1) is 28.7 Å². The molecular formula is C27H23ClIN3O4. The van der Waals surface area contributed by atoms with Crippen molar-refractivity contribution in [1.29, 1.82) is 5.26 Å². The summed E-state index contributed by atoms with van der Waals surface area (Å²) in [6.45, 7) is 3.61. The molecule has 184 valence electrons. The fraction of sp³-hybridized carbons (Fsp3) is 0.148. The molecule has 7 nitrogen and oxygen atoms in total. The first-order chi connectivity index (χ1) is 17.2. The van der Waals surface area contributed by atoms with Gasteiger partial charge in [0.2, 0.25) is 0 Å². The van der Waals surface area contributed by atoms with Crippen LogP contribution >= 0.6 is 34.2 Å². The third-order valence-corrected chi connectivity index (χ3v) is 6.31. The van der Waals surface area contributed by atoms with Crippen LogP contribution in [-0.2, 0) is 9.59 Å². The molecule has 0 aliphatic carbocycles. The first-order valence-electron chi connectivity index (χ1n) is 10.8. The number of nitrogens with zero attached hydrogens (tertiary/aromatic N) is 1. The molecule has 2 N–H and O–H groups in total. The van der Waals surface area contributed by atoms with Gasteiger partial charge in [0.1, 0.15) is 11.6 Å². The van der Waals surface area contributed by atoms with Gasteiger partial charge in [-0.15, -0.1) is 0 Å². The lowest BCUT2D eigenvalue weighted by Crippen LogP contribution is -2.20. The van der Waals surface area contributed by atoms with Crippen LogP contribution in [0.5, 0.6) is 11.5 Å². The second-order valence-electron chi connectivity index (χ2n) is 7.75. The summed E-state index contributed by atoms with van der Waals surface area (Å²) in [5.74, 6) is -0.132. The van der Waals surface area contributed by atoms with Crippen LogP contribution in [0.15, 0.2) is 60.2 Å². The van der Waals surface area contributed by atoms with Gasteiger partial charge in [-0.2, -0.15) is 5.26 Å². The summed E-state index contributed by atoms with van der Waals surface area (Å²) < 4.78 is 11.8. The summed E-state index contributed by atoms with van der Waals surface area (Å²) in [5.41, 5.74) is 3.71. The van der Waals surface area contributed by atoms with E-state index in [0.717, 1.165) is 11.1 Å². The Bertz CT molecular complexity index is 1360. The molecule has 9 heteroatoms. The Morgan fingerprint density at radius 2 is 1.83 bits per heavy atom. The van der Waals surface area contributed by atoms with E-state index >= 15 is 0 Å². The van der Waals surface area contributed by atoms with Gasteiger partial charge < -0.3 is 20.1 Å². The summed E-state index contributed by atoms with van der Waals surface area (Å²) in [4.78, 5) is 25.1. The lowest BCUT2D eigenvalue weighted by Gasteiger charge is -2.14. The van der Waals surface area contributed by atoms with Gasteiger partial charge in [0.25, 0.3) is 11.8 Å². The van der Waals surface area contributed by atoms with Gasteiger partial charge in [0.05, 0.1) is 10.7 Å². The Kier molecular flexibility index (Phi) is 9.33. The minimum absolute atomic E-state index is 0.0650. The van der Waals surface area contributed by atoms with Crippen molar-refractivity contribution in [3.05, 3.63) is 85.5 Å². The molecule has 0 bridgehead atoms. The van der Waals surface area contributed by atoms with E-state index in [0.29, 0.717) is 37.0 Å². The highest BCUT2D eigenvalue weighted by Crippen LogP contribution is 2.34. The lowest BCUT2D eigenvalue weighted by molar-refractivity contribution is -0.118. The quantitative estimate of drug-likeness (QED) is 0.180. The maximum absolute atomic E-state index is 12.8. The van der Waals surface area contributed by atoms with Gasteiger partial charge in [-0.05, 0) is 102 Å². The van der Waals surface area contributed by atoms with Gasteiger partial charge in [-0.25, -0.2) is 0 Å². The van der Waals surface area contributed by atoms with E-state index in [2.05, 4.69) is 10.6 Å². The molecule has 3 rings (SSSR count). The van der Waals surface area contributed by atoms with Crippen molar-refractivity contribution < 1.29 is 19.1 Å². The molecule has 0 fully saturated rings. The highest BCUT2D eigenvalue weighted by atomic mass is 127. The van der Waals surface area contributed by atoms with Gasteiger partial charge >= 0.3 is 0 Å². The van der Waals surface area contributed by atoms with Crippen LogP contribution in [0.25, 0.3) is 6.08 Å². The van der Waals surface area contributed by atoms with Crippen molar-refractivity contribution in [2.24, 2.45) is 0 Å². The number of rotatable bonds is 8. The number of nitriles is 1. The summed E-state index contributed by atoms with van der Waals surface area (Å²) in [6.07, 6.45) is 1.47. The number of carbonyl (C=O) groups excluding carboxylic acids is 2. The van der Waals surface area contributed by atoms with E-state index in [1.54, 1.807) is 42.5 Å². The van der Waals surface area contributed by atoms with Crippen molar-refractivity contribution in [2.75, 3.05) is 24.4 Å². The molecule has 0 saturated carbocycles. The number of benzene rings is 3. The number of nitrogens with one attached hydrogen (secondary N) is 2. The second-order valence-corrected chi connectivity index (χ2v) is 9.35. The van der Waals surface area contributed by atoms with Crippen LogP contribution in [0.2, 0.25) is 5.02 Å². The number of halogens is 2. The molecule has 3 aromatic carbocycles. The minimum atomic E-state index is -0.514. The fourth-order valence-corrected chi connectivity index (χ4v) is 4.13. The zero-order chi connectivity index (χ0) is 26.2. The highest BCUT2D eigenvalue weighted by molar-refractivity contribution is 14.1. The topological polar surface area (TPSA) is 100 Å². The van der Waals surface area contributed by atoms with E-state index in [1.165, 1.54) is 13.2 Å². The Labute approximate surface area is 228 Å². The lowest BCUT2D eigenvalue weighted by atomic mass is 10.1. The highest BCUT2D eigenvalue weighted by Gasteiger charge is 2.16. The molecule has 0 heterocycles. The maximum atomic E-state index is 12.8. The zero-order valence-corrected chi connectivity index (χ0v) is 22.7. The number of amides is 2. The Morgan fingerprint density at radius 1 is 1.11 bits per heavy atom. The van der Waals surface area contributed by atoms with Crippen molar-refractivity contribution in [2.45, 2.75) is 13.8 Å². The van der Waals surface area contributed by atoms with Crippen molar-refractivity contribution >= 4 is 63.5 Å². The molecule has 36 heavy (non-hydrogen) atoms. The first-order valence-corrected chi connectivity index (χ1v) is 12.2. The zero-order valence-electron chi connectivity index (χ0n) is 19.8. The van der Waals surface area contributed by atoms with E-state index < -0.39 is 5.91 Å². The monoisotopic (exact) mass is 615 g/mol. The standard InChI is InChI=1S/C27H23ClIN3O4/c1-16-5-4-6-23(17(16)2)32-27(34)19(14-30)11-18-12-22(29)26(24(13-18)35-3)36-15-25(33)31-21-9-7-20(28)8-10-21/h4-13H,15H2,1-3H3,(H,31,33)(H,32,34)/b19-11+. The first kappa shape index (κ1) is 27.0. The number of carbonyl (C=O) groups is 2. The van der Waals surface area contributed by atoms with Crippen LogP contribution in [0.4, 0.5) is 11.4 Å². The molecular weight excluding hydrogens is 593 g/mol. The number of ether oxygens (including phenoxy) is 2. The number of hydrogen-bond acceptors (Lipinski definition) is 5. The summed E-state index contributed by atoms with van der Waals surface area (Å²) in [7, 11) is 1.47. The summed E-state index contributed by atoms with van der Waals surface area (Å²) >= 11 is 7.91. The number of methoxy groups -OCH3 is 1. The molecule has 0 aliphatic heterocycles. The molecule has 0 atom stereocenters. The second kappa shape index (κ2) is 12.4. The predicted molar refractivity (Wildman–Crippen MR) is 149 cm³/mol. The Balaban J connectivity index is 1.75. The molecule has 0 aliphatic rings. The van der Waals surface area contributed by atoms with Crippen molar-refractivity contribution in [3.8, 4) is 17.6 Å². The minimum Gasteiger partial charge on any atom is -0.493 e. The average molecular weight is 616 g/mol. The molecule has 0 unspecified atom stereocenters. The van der Waals surface area contributed by atoms with Gasteiger partial charge in [0, 0.05) is 16.4 Å². The van der Waals surface area contributed by atoms with E-state index in [-0.39, 0.29) is 18.1 Å². The van der Waals surface area contributed by atoms with Gasteiger partial charge in [0.15, 0.2) is 18.1 Å². The third-order valence-electron chi connectivity index (χ3n) is 5.26. The van der Waals surface area contributed by atoms with E-state index in [1.807, 2.05) is 54.6 Å². The molecule has 0 aromatic heterocycles. The summed E-state index contributed by atoms with van der Waals surface area (Å²) in [6, 6.07) is 17.6. The SMILES string of the molecule is COc1cc(/C=C(\C#N)C(=O)Nc2cccc(C)c2C)cc(I)c1OCC(=O)Nc1ccc(Cl)cc1. The normalized spacial score (nSPS) is 10.8. The molecule has 3 aromatic rings. The van der Waals surface area contributed by atoms with Crippen LogP contribution in [-0.4, -0.2) is 25.5 Å². The maximum Gasteiger partial charge on any atom is 0.266 e. The van der Waals surface area contributed by atoms with Crippen LogP contribution in [0.3, 0.4) is 0 Å². The van der Waals surface area contributed by atoms with Crippen molar-refractivity contribution in [3.63, 3.8) is 0 Å². The average Bonchev–Trinajstić information content (AvgIpc) is 2.85. The fourth-order valence-electron chi connectivity index (χ4n) is 3.22. The van der Waals surface area contributed by atoms with Crippen LogP contribution in [0.1, 0.15) is 16.7 Å². The summed E-state index contributed by atoms with van der Waals surface area (Å²) in [5, 5.41) is 15.7.